The minimum Gasteiger partial charge on any atom is -0.507 e. The van der Waals surface area contributed by atoms with Gasteiger partial charge < -0.3 is 20.1 Å². The van der Waals surface area contributed by atoms with Crippen molar-refractivity contribution < 1.29 is 19.8 Å². The number of aromatic amines is 1. The Balaban J connectivity index is 2.21. The quantitative estimate of drug-likeness (QED) is 0.776. The van der Waals surface area contributed by atoms with E-state index in [-0.39, 0.29) is 24.6 Å². The Morgan fingerprint density at radius 1 is 1.37 bits per heavy atom. The predicted octanol–water partition coefficient (Wildman–Crippen LogP) is 1.42. The first-order chi connectivity index (χ1) is 8.99. The topological polar surface area (TPSA) is 93.6 Å². The van der Waals surface area contributed by atoms with Crippen molar-refractivity contribution in [2.45, 2.75) is 6.42 Å². The molecule has 1 amide bonds. The molecule has 6 heteroatoms. The zero-order chi connectivity index (χ0) is 14.0. The average Bonchev–Trinajstić information content (AvgIpc) is 2.80. The van der Waals surface area contributed by atoms with Gasteiger partial charge in [0.15, 0.2) is 0 Å². The largest absolute Gasteiger partial charge is 0.507 e. The van der Waals surface area contributed by atoms with Crippen LogP contribution in [0.1, 0.15) is 16.9 Å². The fourth-order valence-corrected chi connectivity index (χ4v) is 1.82. The number of carboxylic acids is 1. The number of phenols is 1. The van der Waals surface area contributed by atoms with Crippen LogP contribution in [0.25, 0.3) is 10.9 Å². The third-order valence-electron chi connectivity index (χ3n) is 2.88. The molecule has 0 aliphatic carbocycles. The molecule has 0 fully saturated rings. The number of rotatable bonds is 4. The van der Waals surface area contributed by atoms with E-state index in [1.54, 1.807) is 24.3 Å². The smallest absolute Gasteiger partial charge is 0.305 e. The molecule has 19 heavy (non-hydrogen) atoms. The number of carbonyl (C=O) groups is 2. The van der Waals surface area contributed by atoms with Gasteiger partial charge in [0.2, 0.25) is 0 Å². The molecular formula is C13H14N2O4. The first-order valence-corrected chi connectivity index (χ1v) is 5.77. The summed E-state index contributed by atoms with van der Waals surface area (Å²) in [5, 5.41) is 18.8. The minimum atomic E-state index is -0.950. The van der Waals surface area contributed by atoms with Crippen molar-refractivity contribution in [1.29, 1.82) is 0 Å². The highest BCUT2D eigenvalue weighted by atomic mass is 16.4. The predicted molar refractivity (Wildman–Crippen MR) is 69.2 cm³/mol. The molecule has 0 saturated carbocycles. The zero-order valence-electron chi connectivity index (χ0n) is 10.4. The van der Waals surface area contributed by atoms with Gasteiger partial charge in [-0.15, -0.1) is 0 Å². The summed E-state index contributed by atoms with van der Waals surface area (Å²) in [7, 11) is 1.54. The first kappa shape index (κ1) is 12.9. The van der Waals surface area contributed by atoms with E-state index < -0.39 is 5.97 Å². The number of carbonyl (C=O) groups excluding carboxylic acids is 1. The van der Waals surface area contributed by atoms with Crippen LogP contribution >= 0.6 is 0 Å². The number of hydrogen-bond acceptors (Lipinski definition) is 3. The highest BCUT2D eigenvalue weighted by Gasteiger charge is 2.16. The summed E-state index contributed by atoms with van der Waals surface area (Å²) >= 11 is 0. The lowest BCUT2D eigenvalue weighted by molar-refractivity contribution is -0.137. The maximum atomic E-state index is 12.1. The molecule has 0 radical (unpaired) electrons. The van der Waals surface area contributed by atoms with Crippen molar-refractivity contribution in [2.24, 2.45) is 0 Å². The van der Waals surface area contributed by atoms with Gasteiger partial charge in [-0.2, -0.15) is 0 Å². The van der Waals surface area contributed by atoms with Crippen LogP contribution < -0.4 is 0 Å². The van der Waals surface area contributed by atoms with Crippen LogP contribution in [-0.4, -0.2) is 45.6 Å². The molecule has 2 rings (SSSR count). The van der Waals surface area contributed by atoms with Gasteiger partial charge in [0.25, 0.3) is 5.91 Å². The van der Waals surface area contributed by atoms with Crippen LogP contribution in [0.5, 0.6) is 5.75 Å². The Bertz CT molecular complexity index is 633. The van der Waals surface area contributed by atoms with Crippen molar-refractivity contribution in [2.75, 3.05) is 13.6 Å². The Kier molecular flexibility index (Phi) is 3.41. The van der Waals surface area contributed by atoms with Crippen molar-refractivity contribution in [3.8, 4) is 5.75 Å². The molecule has 0 spiro atoms. The zero-order valence-corrected chi connectivity index (χ0v) is 10.4. The first-order valence-electron chi connectivity index (χ1n) is 5.77. The third kappa shape index (κ3) is 2.67. The fraction of sp³-hybridized carbons (Fsp3) is 0.231. The molecule has 0 bridgehead atoms. The molecular weight excluding hydrogens is 248 g/mol. The van der Waals surface area contributed by atoms with E-state index in [2.05, 4.69) is 4.98 Å². The molecule has 0 atom stereocenters. The van der Waals surface area contributed by atoms with Gasteiger partial charge in [-0.05, 0) is 18.2 Å². The van der Waals surface area contributed by atoms with Crippen molar-refractivity contribution in [3.63, 3.8) is 0 Å². The Morgan fingerprint density at radius 3 is 2.74 bits per heavy atom. The summed E-state index contributed by atoms with van der Waals surface area (Å²) in [6.07, 6.45) is -0.103. The number of amides is 1. The van der Waals surface area contributed by atoms with Crippen LogP contribution in [-0.2, 0) is 4.79 Å². The van der Waals surface area contributed by atoms with Crippen LogP contribution in [0.4, 0.5) is 0 Å². The fourth-order valence-electron chi connectivity index (χ4n) is 1.82. The molecule has 1 aromatic carbocycles. The number of carboxylic acid groups (broad SMARTS) is 1. The molecule has 3 N–H and O–H groups in total. The van der Waals surface area contributed by atoms with E-state index in [0.29, 0.717) is 16.6 Å². The molecule has 0 saturated heterocycles. The second-order valence-corrected chi connectivity index (χ2v) is 4.29. The maximum Gasteiger partial charge on any atom is 0.305 e. The van der Waals surface area contributed by atoms with Crippen molar-refractivity contribution in [1.82, 2.24) is 9.88 Å². The number of aromatic nitrogens is 1. The normalized spacial score (nSPS) is 10.6. The molecule has 0 aliphatic heterocycles. The molecule has 1 aromatic heterocycles. The summed E-state index contributed by atoms with van der Waals surface area (Å²) in [6.45, 7) is 0.134. The van der Waals surface area contributed by atoms with Crippen LogP contribution in [0.2, 0.25) is 0 Å². The highest BCUT2D eigenvalue weighted by molar-refractivity contribution is 5.99. The number of phenolic OH excluding ortho intramolecular Hbond substituents is 1. The SMILES string of the molecule is CN(CCC(=O)O)C(=O)c1cc2c(O)cccc2[nH]1. The van der Waals surface area contributed by atoms with E-state index >= 15 is 0 Å². The lowest BCUT2D eigenvalue weighted by Gasteiger charge is -2.14. The number of H-pyrrole nitrogens is 1. The lowest BCUT2D eigenvalue weighted by Crippen LogP contribution is -2.29. The van der Waals surface area contributed by atoms with E-state index in [4.69, 9.17) is 5.11 Å². The Labute approximate surface area is 109 Å². The highest BCUT2D eigenvalue weighted by Crippen LogP contribution is 2.25. The molecule has 100 valence electrons. The molecule has 6 nitrogen and oxygen atoms in total. The van der Waals surface area contributed by atoms with Crippen molar-refractivity contribution >= 4 is 22.8 Å². The number of benzene rings is 1. The summed E-state index contributed by atoms with van der Waals surface area (Å²) in [6, 6.07) is 6.53. The summed E-state index contributed by atoms with van der Waals surface area (Å²) in [4.78, 5) is 26.8. The van der Waals surface area contributed by atoms with Gasteiger partial charge in [0, 0.05) is 24.5 Å². The maximum absolute atomic E-state index is 12.1. The van der Waals surface area contributed by atoms with Gasteiger partial charge in [0.05, 0.1) is 6.42 Å². The minimum absolute atomic E-state index is 0.0981. The Hall–Kier alpha value is -2.50. The monoisotopic (exact) mass is 262 g/mol. The molecule has 0 aliphatic rings. The van der Waals surface area contributed by atoms with Gasteiger partial charge in [-0.1, -0.05) is 6.07 Å². The van der Waals surface area contributed by atoms with Crippen molar-refractivity contribution in [3.05, 3.63) is 30.0 Å². The number of aromatic hydroxyl groups is 1. The van der Waals surface area contributed by atoms with Gasteiger partial charge in [-0.25, -0.2) is 0 Å². The Morgan fingerprint density at radius 2 is 2.11 bits per heavy atom. The second-order valence-electron chi connectivity index (χ2n) is 4.29. The molecule has 0 unspecified atom stereocenters. The van der Waals surface area contributed by atoms with E-state index in [1.807, 2.05) is 0 Å². The van der Waals surface area contributed by atoms with E-state index in [1.165, 1.54) is 11.9 Å². The van der Waals surface area contributed by atoms with Crippen LogP contribution in [0, 0.1) is 0 Å². The van der Waals surface area contributed by atoms with Gasteiger partial charge in [-0.3, -0.25) is 9.59 Å². The number of hydrogen-bond donors (Lipinski definition) is 3. The third-order valence-corrected chi connectivity index (χ3v) is 2.88. The standard InChI is InChI=1S/C13H14N2O4/c1-15(6-5-12(17)18)13(19)10-7-8-9(14-10)3-2-4-11(8)16/h2-4,7,14,16H,5-6H2,1H3,(H,17,18). The number of aliphatic carboxylic acids is 1. The van der Waals surface area contributed by atoms with Crippen LogP contribution in [0.3, 0.4) is 0 Å². The van der Waals surface area contributed by atoms with Gasteiger partial charge in [0.1, 0.15) is 11.4 Å². The summed E-state index contributed by atoms with van der Waals surface area (Å²) in [5.41, 5.74) is 0.986. The second kappa shape index (κ2) is 5.01. The van der Waals surface area contributed by atoms with E-state index in [0.717, 1.165) is 0 Å². The summed E-state index contributed by atoms with van der Waals surface area (Å²) in [5.74, 6) is -1.16. The van der Waals surface area contributed by atoms with Gasteiger partial charge >= 0.3 is 5.97 Å². The number of nitrogens with one attached hydrogen (secondary N) is 1. The lowest BCUT2D eigenvalue weighted by atomic mass is 10.2. The number of nitrogens with zero attached hydrogens (tertiary/aromatic N) is 1. The average molecular weight is 262 g/mol. The number of fused-ring (bicyclic) bond motifs is 1. The van der Waals surface area contributed by atoms with Crippen LogP contribution in [0.15, 0.2) is 24.3 Å². The van der Waals surface area contributed by atoms with E-state index in [9.17, 15) is 14.7 Å². The molecule has 1 heterocycles. The molecule has 2 aromatic rings. The summed E-state index contributed by atoms with van der Waals surface area (Å²) < 4.78 is 0.